The van der Waals surface area contributed by atoms with E-state index in [1.807, 2.05) is 38.1 Å². The number of carbonyl (C=O) groups is 1. The molecule has 1 heterocycles. The summed E-state index contributed by atoms with van der Waals surface area (Å²) in [6.45, 7) is 4.23. The van der Waals surface area contributed by atoms with Crippen LogP contribution in [0.5, 0.6) is 0 Å². The Morgan fingerprint density at radius 1 is 1.19 bits per heavy atom. The number of anilines is 2. The number of rotatable bonds is 6. The third-order valence-electron chi connectivity index (χ3n) is 4.07. The molecule has 0 spiro atoms. The zero-order chi connectivity index (χ0) is 19.4. The molecule has 0 aromatic heterocycles. The average Bonchev–Trinajstić information content (AvgIpc) is 2.97. The van der Waals surface area contributed by atoms with Crippen LogP contribution in [0.4, 0.5) is 11.4 Å². The van der Waals surface area contributed by atoms with Crippen molar-refractivity contribution >= 4 is 40.5 Å². The van der Waals surface area contributed by atoms with E-state index in [1.165, 1.54) is 0 Å². The summed E-state index contributed by atoms with van der Waals surface area (Å²) in [7, 11) is 0. The molecule has 0 amide bonds. The molecular formula is C20H21Cl2NO4. The van der Waals surface area contributed by atoms with Crippen molar-refractivity contribution in [1.82, 2.24) is 0 Å². The molecular weight excluding hydrogens is 389 g/mol. The molecule has 3 rings (SSSR count). The van der Waals surface area contributed by atoms with Crippen LogP contribution in [-0.4, -0.2) is 31.1 Å². The van der Waals surface area contributed by atoms with Gasteiger partial charge < -0.3 is 19.5 Å². The Labute approximate surface area is 168 Å². The Kier molecular flexibility index (Phi) is 6.27. The molecule has 1 unspecified atom stereocenters. The Morgan fingerprint density at radius 2 is 1.89 bits per heavy atom. The number of ether oxygens (including phenoxy) is 3. The highest BCUT2D eigenvalue weighted by molar-refractivity contribution is 6.39. The van der Waals surface area contributed by atoms with Crippen LogP contribution < -0.4 is 5.32 Å². The van der Waals surface area contributed by atoms with E-state index in [-0.39, 0.29) is 25.1 Å². The van der Waals surface area contributed by atoms with Gasteiger partial charge in [-0.05, 0) is 37.6 Å². The molecule has 0 saturated carbocycles. The van der Waals surface area contributed by atoms with Gasteiger partial charge >= 0.3 is 5.97 Å². The molecule has 1 aliphatic heterocycles. The molecule has 27 heavy (non-hydrogen) atoms. The first-order valence-corrected chi connectivity index (χ1v) is 9.36. The molecule has 1 atom stereocenters. The van der Waals surface area contributed by atoms with Crippen molar-refractivity contribution in [2.24, 2.45) is 0 Å². The summed E-state index contributed by atoms with van der Waals surface area (Å²) in [6.07, 6.45) is -0.137. The van der Waals surface area contributed by atoms with Crippen molar-refractivity contribution in [2.75, 3.05) is 18.5 Å². The van der Waals surface area contributed by atoms with Crippen LogP contribution in [0.3, 0.4) is 0 Å². The summed E-state index contributed by atoms with van der Waals surface area (Å²) in [4.78, 5) is 12.3. The van der Waals surface area contributed by atoms with Gasteiger partial charge in [-0.3, -0.25) is 4.79 Å². The topological polar surface area (TPSA) is 56.8 Å². The first kappa shape index (κ1) is 20.0. The van der Waals surface area contributed by atoms with Crippen LogP contribution in [0.25, 0.3) is 0 Å². The van der Waals surface area contributed by atoms with Crippen molar-refractivity contribution in [3.05, 3.63) is 58.1 Å². The molecule has 144 valence electrons. The van der Waals surface area contributed by atoms with Gasteiger partial charge in [-0.2, -0.15) is 0 Å². The number of para-hydroxylation sites is 2. The fourth-order valence-electron chi connectivity index (χ4n) is 2.79. The van der Waals surface area contributed by atoms with E-state index in [9.17, 15) is 4.79 Å². The van der Waals surface area contributed by atoms with Crippen LogP contribution >= 0.6 is 23.2 Å². The number of carbonyl (C=O) groups excluding carboxylic acids is 1. The first-order valence-electron chi connectivity index (χ1n) is 8.60. The monoisotopic (exact) mass is 409 g/mol. The Morgan fingerprint density at radius 3 is 2.56 bits per heavy atom. The fourth-order valence-corrected chi connectivity index (χ4v) is 3.28. The minimum atomic E-state index is -0.637. The SMILES string of the molecule is CC1(C)OCC(COC(=O)Cc2ccccc2Nc2c(Cl)cccc2Cl)O1. The summed E-state index contributed by atoms with van der Waals surface area (Å²) in [5.74, 6) is -0.982. The lowest BCUT2D eigenvalue weighted by Gasteiger charge is -2.17. The normalized spacial score (nSPS) is 18.3. The number of hydrogen-bond donors (Lipinski definition) is 1. The predicted octanol–water partition coefficient (Wildman–Crippen LogP) is 4.97. The Hall–Kier alpha value is -1.79. The summed E-state index contributed by atoms with van der Waals surface area (Å²) in [5.41, 5.74) is 2.12. The van der Waals surface area contributed by atoms with E-state index in [4.69, 9.17) is 37.4 Å². The number of nitrogens with one attached hydrogen (secondary N) is 1. The van der Waals surface area contributed by atoms with Gasteiger partial charge in [-0.1, -0.05) is 47.5 Å². The molecule has 0 radical (unpaired) electrons. The highest BCUT2D eigenvalue weighted by atomic mass is 35.5. The highest BCUT2D eigenvalue weighted by Crippen LogP contribution is 2.33. The number of halogens is 2. The molecule has 1 saturated heterocycles. The lowest BCUT2D eigenvalue weighted by Crippen LogP contribution is -2.25. The minimum Gasteiger partial charge on any atom is -0.463 e. The third-order valence-corrected chi connectivity index (χ3v) is 4.70. The Balaban J connectivity index is 1.63. The van der Waals surface area contributed by atoms with Gasteiger partial charge in [0.1, 0.15) is 12.7 Å². The summed E-state index contributed by atoms with van der Waals surface area (Å²) < 4.78 is 16.5. The first-order chi connectivity index (χ1) is 12.8. The second-order valence-electron chi connectivity index (χ2n) is 6.69. The van der Waals surface area contributed by atoms with Gasteiger partial charge in [0, 0.05) is 5.69 Å². The van der Waals surface area contributed by atoms with E-state index in [2.05, 4.69) is 5.32 Å². The van der Waals surface area contributed by atoms with Crippen LogP contribution in [0.15, 0.2) is 42.5 Å². The summed E-state index contributed by atoms with van der Waals surface area (Å²) in [5, 5.41) is 4.21. The molecule has 1 N–H and O–H groups in total. The van der Waals surface area contributed by atoms with E-state index in [1.54, 1.807) is 18.2 Å². The number of hydrogen-bond acceptors (Lipinski definition) is 5. The van der Waals surface area contributed by atoms with Gasteiger partial charge in [0.05, 0.1) is 28.8 Å². The van der Waals surface area contributed by atoms with Crippen LogP contribution in [0, 0.1) is 0 Å². The maximum Gasteiger partial charge on any atom is 0.310 e. The molecule has 7 heteroatoms. The smallest absolute Gasteiger partial charge is 0.310 e. The standard InChI is InChI=1S/C20H21Cl2NO4/c1-20(2)26-12-14(27-20)11-25-18(24)10-13-6-3-4-9-17(13)23-19-15(21)7-5-8-16(19)22/h3-9,14,23H,10-12H2,1-2H3. The second-order valence-corrected chi connectivity index (χ2v) is 7.50. The highest BCUT2D eigenvalue weighted by Gasteiger charge is 2.33. The molecule has 2 aromatic carbocycles. The van der Waals surface area contributed by atoms with E-state index < -0.39 is 5.79 Å². The van der Waals surface area contributed by atoms with E-state index in [0.717, 1.165) is 11.3 Å². The molecule has 2 aromatic rings. The van der Waals surface area contributed by atoms with Gasteiger partial charge in [-0.15, -0.1) is 0 Å². The average molecular weight is 410 g/mol. The molecule has 0 bridgehead atoms. The van der Waals surface area contributed by atoms with E-state index in [0.29, 0.717) is 22.3 Å². The molecule has 0 aliphatic carbocycles. The Bertz CT molecular complexity index is 805. The van der Waals surface area contributed by atoms with Gasteiger partial charge in [0.25, 0.3) is 0 Å². The van der Waals surface area contributed by atoms with Gasteiger partial charge in [0.2, 0.25) is 0 Å². The van der Waals surface area contributed by atoms with E-state index >= 15 is 0 Å². The maximum absolute atomic E-state index is 12.3. The minimum absolute atomic E-state index is 0.113. The van der Waals surface area contributed by atoms with Crippen LogP contribution in [0.1, 0.15) is 19.4 Å². The van der Waals surface area contributed by atoms with Crippen molar-refractivity contribution < 1.29 is 19.0 Å². The molecule has 5 nitrogen and oxygen atoms in total. The molecule has 1 fully saturated rings. The van der Waals surface area contributed by atoms with Crippen LogP contribution in [0.2, 0.25) is 10.0 Å². The van der Waals surface area contributed by atoms with Crippen molar-refractivity contribution in [3.63, 3.8) is 0 Å². The largest absolute Gasteiger partial charge is 0.463 e. The lowest BCUT2D eigenvalue weighted by molar-refractivity contribution is -0.157. The quantitative estimate of drug-likeness (QED) is 0.682. The van der Waals surface area contributed by atoms with Gasteiger partial charge in [-0.25, -0.2) is 0 Å². The molecule has 1 aliphatic rings. The zero-order valence-electron chi connectivity index (χ0n) is 15.1. The predicted molar refractivity (Wildman–Crippen MR) is 106 cm³/mol. The second kappa shape index (κ2) is 8.48. The number of benzene rings is 2. The third kappa shape index (κ3) is 5.36. The van der Waals surface area contributed by atoms with Crippen molar-refractivity contribution in [3.8, 4) is 0 Å². The lowest BCUT2D eigenvalue weighted by atomic mass is 10.1. The maximum atomic E-state index is 12.3. The van der Waals surface area contributed by atoms with Crippen LogP contribution in [-0.2, 0) is 25.4 Å². The fraction of sp³-hybridized carbons (Fsp3) is 0.350. The zero-order valence-corrected chi connectivity index (χ0v) is 16.6. The summed E-state index contributed by atoms with van der Waals surface area (Å²) in [6, 6.07) is 12.7. The number of esters is 1. The van der Waals surface area contributed by atoms with Gasteiger partial charge in [0.15, 0.2) is 5.79 Å². The van der Waals surface area contributed by atoms with Crippen molar-refractivity contribution in [1.29, 1.82) is 0 Å². The van der Waals surface area contributed by atoms with Crippen molar-refractivity contribution in [2.45, 2.75) is 32.2 Å². The summed E-state index contributed by atoms with van der Waals surface area (Å²) >= 11 is 12.4.